The Balaban J connectivity index is 2.24. The summed E-state index contributed by atoms with van der Waals surface area (Å²) in [5.74, 6) is -0.619. The molecule has 6 heteroatoms. The van der Waals surface area contributed by atoms with Crippen molar-refractivity contribution in [1.29, 1.82) is 0 Å². The number of hydrogen-bond donors (Lipinski definition) is 1. The van der Waals surface area contributed by atoms with E-state index in [1.54, 1.807) is 17.0 Å². The smallest absolute Gasteiger partial charge is 0.257 e. The highest BCUT2D eigenvalue weighted by Gasteiger charge is 2.18. The lowest BCUT2D eigenvalue weighted by Crippen LogP contribution is -2.30. The number of pyridine rings is 1. The third-order valence-corrected chi connectivity index (χ3v) is 3.32. The van der Waals surface area contributed by atoms with Crippen LogP contribution in [0.5, 0.6) is 0 Å². The molecule has 2 aromatic rings. The molecule has 110 valence electrons. The third-order valence-electron chi connectivity index (χ3n) is 3.02. The van der Waals surface area contributed by atoms with Crippen LogP contribution < -0.4 is 5.73 Å². The number of nitrogen functional groups attached to an aromatic ring is 1. The molecule has 0 unspecified atom stereocenters. The van der Waals surface area contributed by atoms with Crippen molar-refractivity contribution in [2.45, 2.75) is 13.5 Å². The van der Waals surface area contributed by atoms with Gasteiger partial charge in [0.1, 0.15) is 11.0 Å². The average Bonchev–Trinajstić information content (AvgIpc) is 2.46. The predicted octanol–water partition coefficient (Wildman–Crippen LogP) is 3.12. The Morgan fingerprint density at radius 2 is 2.19 bits per heavy atom. The highest BCUT2D eigenvalue weighted by molar-refractivity contribution is 6.32. The minimum atomic E-state index is -0.334. The van der Waals surface area contributed by atoms with Crippen LogP contribution in [0, 0.1) is 5.82 Å². The number of halogens is 2. The number of nitrogens with two attached hydrogens (primary N) is 1. The summed E-state index contributed by atoms with van der Waals surface area (Å²) in [7, 11) is 0. The minimum absolute atomic E-state index is 0.104. The second-order valence-electron chi connectivity index (χ2n) is 4.56. The Hall–Kier alpha value is -2.14. The van der Waals surface area contributed by atoms with Gasteiger partial charge >= 0.3 is 0 Å². The van der Waals surface area contributed by atoms with Gasteiger partial charge < -0.3 is 10.6 Å². The Morgan fingerprint density at radius 3 is 2.86 bits per heavy atom. The molecule has 0 bridgehead atoms. The zero-order chi connectivity index (χ0) is 15.4. The van der Waals surface area contributed by atoms with E-state index in [1.165, 1.54) is 24.4 Å². The maximum Gasteiger partial charge on any atom is 0.257 e. The van der Waals surface area contributed by atoms with Crippen molar-refractivity contribution < 1.29 is 9.18 Å². The van der Waals surface area contributed by atoms with Crippen molar-refractivity contribution in [2.75, 3.05) is 12.3 Å². The topological polar surface area (TPSA) is 59.2 Å². The first-order valence-electron chi connectivity index (χ1n) is 6.46. The Morgan fingerprint density at radius 1 is 1.43 bits per heavy atom. The lowest BCUT2D eigenvalue weighted by atomic mass is 10.1. The molecular formula is C15H15ClFN3O. The lowest BCUT2D eigenvalue weighted by Gasteiger charge is -2.21. The number of benzene rings is 1. The lowest BCUT2D eigenvalue weighted by molar-refractivity contribution is 0.0752. The molecule has 0 fully saturated rings. The molecule has 2 N–H and O–H groups in total. The van der Waals surface area contributed by atoms with Crippen LogP contribution in [0.15, 0.2) is 36.5 Å². The number of carbonyl (C=O) groups is 1. The number of rotatable bonds is 4. The molecule has 0 radical (unpaired) electrons. The maximum atomic E-state index is 13.2. The monoisotopic (exact) mass is 307 g/mol. The van der Waals surface area contributed by atoms with E-state index in [-0.39, 0.29) is 29.0 Å². The summed E-state index contributed by atoms with van der Waals surface area (Å²) < 4.78 is 13.2. The Labute approximate surface area is 127 Å². The van der Waals surface area contributed by atoms with E-state index < -0.39 is 0 Å². The fourth-order valence-electron chi connectivity index (χ4n) is 1.97. The van der Waals surface area contributed by atoms with Crippen LogP contribution in [0.1, 0.15) is 22.8 Å². The zero-order valence-corrected chi connectivity index (χ0v) is 12.3. The van der Waals surface area contributed by atoms with Gasteiger partial charge in [0.25, 0.3) is 5.91 Å². The summed E-state index contributed by atoms with van der Waals surface area (Å²) in [6, 6.07) is 7.62. The second-order valence-corrected chi connectivity index (χ2v) is 4.91. The largest absolute Gasteiger partial charge is 0.397 e. The van der Waals surface area contributed by atoms with Crippen LogP contribution in [0.25, 0.3) is 0 Å². The average molecular weight is 308 g/mol. The van der Waals surface area contributed by atoms with Crippen molar-refractivity contribution in [2.24, 2.45) is 0 Å². The Bertz CT molecular complexity index is 663. The van der Waals surface area contributed by atoms with Crippen LogP contribution in [-0.2, 0) is 6.54 Å². The van der Waals surface area contributed by atoms with E-state index in [0.29, 0.717) is 17.8 Å². The van der Waals surface area contributed by atoms with Crippen LogP contribution in [-0.4, -0.2) is 22.3 Å². The van der Waals surface area contributed by atoms with E-state index in [9.17, 15) is 9.18 Å². The van der Waals surface area contributed by atoms with Crippen LogP contribution >= 0.6 is 11.6 Å². The van der Waals surface area contributed by atoms with Crippen molar-refractivity contribution in [3.8, 4) is 0 Å². The molecule has 2 rings (SSSR count). The van der Waals surface area contributed by atoms with Crippen molar-refractivity contribution in [3.05, 3.63) is 58.6 Å². The summed E-state index contributed by atoms with van der Waals surface area (Å²) in [4.78, 5) is 17.9. The standard InChI is InChI=1S/C15H15ClFN3O/c1-2-20(9-10-4-3-5-11(17)6-10)15(21)13-7-12(18)8-19-14(13)16/h3-8H,2,9,18H2,1H3. The molecule has 0 spiro atoms. The molecule has 0 aliphatic heterocycles. The summed E-state index contributed by atoms with van der Waals surface area (Å²) >= 11 is 5.95. The first-order chi connectivity index (χ1) is 10.0. The molecule has 0 atom stereocenters. The summed E-state index contributed by atoms with van der Waals surface area (Å²) in [5.41, 5.74) is 6.96. The molecule has 1 aromatic carbocycles. The second kappa shape index (κ2) is 6.54. The van der Waals surface area contributed by atoms with Gasteiger partial charge in [-0.05, 0) is 30.7 Å². The van der Waals surface area contributed by atoms with Crippen molar-refractivity contribution in [3.63, 3.8) is 0 Å². The van der Waals surface area contributed by atoms with E-state index in [4.69, 9.17) is 17.3 Å². The molecule has 0 saturated heterocycles. The minimum Gasteiger partial charge on any atom is -0.397 e. The number of aromatic nitrogens is 1. The van der Waals surface area contributed by atoms with Crippen molar-refractivity contribution >= 4 is 23.2 Å². The van der Waals surface area contributed by atoms with Crippen molar-refractivity contribution in [1.82, 2.24) is 9.88 Å². The van der Waals surface area contributed by atoms with E-state index >= 15 is 0 Å². The maximum absolute atomic E-state index is 13.2. The third kappa shape index (κ3) is 3.70. The fraction of sp³-hybridized carbons (Fsp3) is 0.200. The molecule has 0 aliphatic carbocycles. The van der Waals surface area contributed by atoms with Gasteiger partial charge in [-0.3, -0.25) is 4.79 Å². The summed E-state index contributed by atoms with van der Waals surface area (Å²) in [6.45, 7) is 2.59. The van der Waals surface area contributed by atoms with Gasteiger partial charge in [0.2, 0.25) is 0 Å². The highest BCUT2D eigenvalue weighted by Crippen LogP contribution is 2.19. The number of nitrogens with zero attached hydrogens (tertiary/aromatic N) is 2. The predicted molar refractivity (Wildman–Crippen MR) is 80.5 cm³/mol. The van der Waals surface area contributed by atoms with Gasteiger partial charge in [-0.1, -0.05) is 23.7 Å². The number of amides is 1. The zero-order valence-electron chi connectivity index (χ0n) is 11.5. The normalized spacial score (nSPS) is 10.4. The van der Waals surface area contributed by atoms with Gasteiger partial charge in [-0.25, -0.2) is 9.37 Å². The first-order valence-corrected chi connectivity index (χ1v) is 6.83. The molecule has 21 heavy (non-hydrogen) atoms. The number of carbonyl (C=O) groups excluding carboxylic acids is 1. The van der Waals surface area contributed by atoms with Gasteiger partial charge in [-0.15, -0.1) is 0 Å². The molecule has 4 nitrogen and oxygen atoms in total. The first kappa shape index (κ1) is 15.3. The molecule has 1 amide bonds. The Kier molecular flexibility index (Phi) is 4.75. The molecule has 0 saturated carbocycles. The van der Waals surface area contributed by atoms with Crippen LogP contribution in [0.2, 0.25) is 5.15 Å². The van der Waals surface area contributed by atoms with Gasteiger partial charge in [0, 0.05) is 13.1 Å². The van der Waals surface area contributed by atoms with E-state index in [2.05, 4.69) is 4.98 Å². The molecule has 0 aliphatic rings. The summed E-state index contributed by atoms with van der Waals surface area (Å²) in [6.07, 6.45) is 1.39. The molecular weight excluding hydrogens is 293 g/mol. The van der Waals surface area contributed by atoms with Gasteiger partial charge in [0.15, 0.2) is 0 Å². The van der Waals surface area contributed by atoms with E-state index in [1.807, 2.05) is 6.92 Å². The molecule has 1 aromatic heterocycles. The van der Waals surface area contributed by atoms with E-state index in [0.717, 1.165) is 0 Å². The SMILES string of the molecule is CCN(Cc1cccc(F)c1)C(=O)c1cc(N)cnc1Cl. The summed E-state index contributed by atoms with van der Waals surface area (Å²) in [5, 5.41) is 0.104. The highest BCUT2D eigenvalue weighted by atomic mass is 35.5. The van der Waals surface area contributed by atoms with Gasteiger partial charge in [0.05, 0.1) is 17.4 Å². The quantitative estimate of drug-likeness (QED) is 0.883. The number of anilines is 1. The number of hydrogen-bond acceptors (Lipinski definition) is 3. The molecule has 1 heterocycles. The van der Waals surface area contributed by atoms with Crippen LogP contribution in [0.4, 0.5) is 10.1 Å². The fourth-order valence-corrected chi connectivity index (χ4v) is 2.15. The van der Waals surface area contributed by atoms with Crippen LogP contribution in [0.3, 0.4) is 0 Å². The van der Waals surface area contributed by atoms with Gasteiger partial charge in [-0.2, -0.15) is 0 Å².